The summed E-state index contributed by atoms with van der Waals surface area (Å²) in [6, 6.07) is 14.9. The molecule has 3 heterocycles. The zero-order valence-electron chi connectivity index (χ0n) is 18.0. The van der Waals surface area contributed by atoms with Gasteiger partial charge in [-0.3, -0.25) is 24.4 Å². The number of imidazole rings is 1. The lowest BCUT2D eigenvalue weighted by Crippen LogP contribution is -2.31. The number of para-hydroxylation sites is 2. The Morgan fingerprint density at radius 1 is 1.03 bits per heavy atom. The number of benzene rings is 2. The molecule has 1 saturated heterocycles. The molecule has 5 rings (SSSR count). The van der Waals surface area contributed by atoms with Gasteiger partial charge in [0.05, 0.1) is 28.2 Å². The minimum atomic E-state index is -0.832. The second kappa shape index (κ2) is 7.33. The van der Waals surface area contributed by atoms with Crippen LogP contribution in [0.15, 0.2) is 53.3 Å². The van der Waals surface area contributed by atoms with E-state index >= 15 is 0 Å². The predicted octanol–water partition coefficient (Wildman–Crippen LogP) is 3.52. The number of fused-ring (bicyclic) bond motifs is 1. The van der Waals surface area contributed by atoms with E-state index in [-0.39, 0.29) is 23.8 Å². The van der Waals surface area contributed by atoms with Crippen LogP contribution in [0.5, 0.6) is 0 Å². The molecule has 1 aliphatic rings. The molecule has 0 unspecified atom stereocenters. The van der Waals surface area contributed by atoms with Gasteiger partial charge in [-0.05, 0) is 42.7 Å². The number of carbonyl (C=O) groups is 2. The van der Waals surface area contributed by atoms with Gasteiger partial charge in [-0.1, -0.05) is 38.1 Å². The smallest absolute Gasteiger partial charge is 0.278 e. The molecule has 1 atom stereocenters. The summed E-state index contributed by atoms with van der Waals surface area (Å²) >= 11 is 0. The lowest BCUT2D eigenvalue weighted by atomic mass is 9.98. The standard InChI is InChI=1S/C24H23N5O3/c1-13(2)15-8-10-16(11-9-15)28-20(30)12-17(22(28)31)21-14(3)27-29(23(21)32)24-25-18-6-4-5-7-19(18)26-24/h4-11,13,17,27H,12H2,1-3H3,(H,25,26)/t17-/m1/s1. The van der Waals surface area contributed by atoms with Crippen molar-refractivity contribution < 1.29 is 9.59 Å². The molecule has 0 spiro atoms. The summed E-state index contributed by atoms with van der Waals surface area (Å²) in [6.07, 6.45) is -0.0428. The van der Waals surface area contributed by atoms with Crippen molar-refractivity contribution in [2.75, 3.05) is 4.90 Å². The number of hydrogen-bond donors (Lipinski definition) is 2. The molecule has 0 radical (unpaired) electrons. The van der Waals surface area contributed by atoms with E-state index in [0.29, 0.717) is 28.8 Å². The van der Waals surface area contributed by atoms with Crippen LogP contribution in [0.3, 0.4) is 0 Å². The van der Waals surface area contributed by atoms with E-state index in [1.165, 1.54) is 9.58 Å². The van der Waals surface area contributed by atoms with E-state index in [4.69, 9.17) is 0 Å². The minimum absolute atomic E-state index is 0.0428. The van der Waals surface area contributed by atoms with Gasteiger partial charge in [-0.2, -0.15) is 4.68 Å². The van der Waals surface area contributed by atoms with Gasteiger partial charge >= 0.3 is 0 Å². The number of imide groups is 1. The van der Waals surface area contributed by atoms with Crippen LogP contribution in [0.1, 0.15) is 48.9 Å². The van der Waals surface area contributed by atoms with E-state index in [1.807, 2.05) is 36.4 Å². The fourth-order valence-corrected chi connectivity index (χ4v) is 4.30. The Kier molecular flexibility index (Phi) is 4.58. The van der Waals surface area contributed by atoms with E-state index < -0.39 is 5.92 Å². The molecule has 1 fully saturated rings. The average molecular weight is 429 g/mol. The number of aromatic nitrogens is 4. The van der Waals surface area contributed by atoms with E-state index in [2.05, 4.69) is 28.9 Å². The summed E-state index contributed by atoms with van der Waals surface area (Å²) in [5, 5.41) is 3.01. The highest BCUT2D eigenvalue weighted by atomic mass is 16.2. The number of hydrogen-bond acceptors (Lipinski definition) is 4. The summed E-state index contributed by atoms with van der Waals surface area (Å²) in [5.41, 5.74) is 3.63. The third-order valence-corrected chi connectivity index (χ3v) is 6.02. The Morgan fingerprint density at radius 2 is 1.75 bits per heavy atom. The van der Waals surface area contributed by atoms with Crippen LogP contribution in [0.25, 0.3) is 17.0 Å². The van der Waals surface area contributed by atoms with Crippen LogP contribution in [0.4, 0.5) is 5.69 Å². The summed E-state index contributed by atoms with van der Waals surface area (Å²) in [5.74, 6) is -0.845. The number of nitrogens with zero attached hydrogens (tertiary/aromatic N) is 3. The van der Waals surface area contributed by atoms with Gasteiger partial charge in [-0.15, -0.1) is 0 Å². The van der Waals surface area contributed by atoms with Gasteiger partial charge < -0.3 is 4.98 Å². The second-order valence-electron chi connectivity index (χ2n) is 8.44. The molecule has 0 bridgehead atoms. The van der Waals surface area contributed by atoms with E-state index in [1.54, 1.807) is 19.1 Å². The van der Waals surface area contributed by atoms with Crippen molar-refractivity contribution in [3.05, 3.63) is 75.7 Å². The lowest BCUT2D eigenvalue weighted by molar-refractivity contribution is -0.121. The molecule has 8 heteroatoms. The first-order valence-corrected chi connectivity index (χ1v) is 10.6. The quantitative estimate of drug-likeness (QED) is 0.484. The molecular weight excluding hydrogens is 406 g/mol. The molecule has 162 valence electrons. The number of nitrogens with one attached hydrogen (secondary N) is 2. The molecule has 1 aliphatic heterocycles. The van der Waals surface area contributed by atoms with Crippen molar-refractivity contribution in [1.29, 1.82) is 0 Å². The van der Waals surface area contributed by atoms with Gasteiger partial charge in [0.1, 0.15) is 0 Å². The Balaban J connectivity index is 1.51. The summed E-state index contributed by atoms with van der Waals surface area (Å²) in [4.78, 5) is 48.0. The zero-order valence-corrected chi connectivity index (χ0v) is 18.0. The van der Waals surface area contributed by atoms with Crippen molar-refractivity contribution >= 4 is 28.5 Å². The van der Waals surface area contributed by atoms with Crippen molar-refractivity contribution in [3.8, 4) is 5.95 Å². The summed E-state index contributed by atoms with van der Waals surface area (Å²) in [7, 11) is 0. The Hall–Kier alpha value is -3.94. The van der Waals surface area contributed by atoms with Crippen LogP contribution >= 0.6 is 0 Å². The minimum Gasteiger partial charge on any atom is -0.322 e. The first-order chi connectivity index (χ1) is 15.3. The van der Waals surface area contributed by atoms with Gasteiger partial charge in [0.2, 0.25) is 17.8 Å². The maximum atomic E-state index is 13.3. The highest BCUT2D eigenvalue weighted by molar-refractivity contribution is 6.22. The fraction of sp³-hybridized carbons (Fsp3) is 0.250. The molecular formula is C24H23N5O3. The van der Waals surface area contributed by atoms with Crippen molar-refractivity contribution in [1.82, 2.24) is 19.7 Å². The Labute approximate surface area is 183 Å². The predicted molar refractivity (Wildman–Crippen MR) is 121 cm³/mol. The molecule has 8 nitrogen and oxygen atoms in total. The number of amides is 2. The topological polar surface area (TPSA) is 104 Å². The third kappa shape index (κ3) is 3.07. The molecule has 2 aromatic carbocycles. The molecule has 2 N–H and O–H groups in total. The molecule has 0 aliphatic carbocycles. The monoisotopic (exact) mass is 429 g/mol. The Morgan fingerprint density at radius 3 is 2.44 bits per heavy atom. The van der Waals surface area contributed by atoms with E-state index in [0.717, 1.165) is 16.6 Å². The molecule has 2 amide bonds. The van der Waals surface area contributed by atoms with Crippen LogP contribution in [0, 0.1) is 6.92 Å². The van der Waals surface area contributed by atoms with Crippen LogP contribution in [-0.4, -0.2) is 31.6 Å². The largest absolute Gasteiger partial charge is 0.322 e. The number of H-pyrrole nitrogens is 2. The average Bonchev–Trinajstić information content (AvgIpc) is 3.41. The lowest BCUT2D eigenvalue weighted by Gasteiger charge is -2.16. The third-order valence-electron chi connectivity index (χ3n) is 6.02. The highest BCUT2D eigenvalue weighted by Gasteiger charge is 2.43. The van der Waals surface area contributed by atoms with Gasteiger partial charge in [-0.25, -0.2) is 4.98 Å². The van der Waals surface area contributed by atoms with E-state index in [9.17, 15) is 14.4 Å². The van der Waals surface area contributed by atoms with Gasteiger partial charge in [0.15, 0.2) is 0 Å². The molecule has 0 saturated carbocycles. The number of anilines is 1. The Bertz CT molecular complexity index is 1370. The molecule has 32 heavy (non-hydrogen) atoms. The number of carbonyl (C=O) groups excluding carboxylic acids is 2. The summed E-state index contributed by atoms with van der Waals surface area (Å²) < 4.78 is 1.29. The zero-order chi connectivity index (χ0) is 22.6. The summed E-state index contributed by atoms with van der Waals surface area (Å²) in [6.45, 7) is 5.89. The van der Waals surface area contributed by atoms with Crippen LogP contribution in [0.2, 0.25) is 0 Å². The van der Waals surface area contributed by atoms with Crippen molar-refractivity contribution in [2.45, 2.75) is 39.0 Å². The first-order valence-electron chi connectivity index (χ1n) is 10.6. The normalized spacial score (nSPS) is 16.6. The molecule has 4 aromatic rings. The van der Waals surface area contributed by atoms with Crippen molar-refractivity contribution in [2.24, 2.45) is 0 Å². The first kappa shape index (κ1) is 20.0. The van der Waals surface area contributed by atoms with Gasteiger partial charge in [0.25, 0.3) is 5.56 Å². The van der Waals surface area contributed by atoms with Gasteiger partial charge in [0, 0.05) is 12.1 Å². The van der Waals surface area contributed by atoms with Crippen LogP contribution < -0.4 is 10.5 Å². The maximum Gasteiger partial charge on any atom is 0.278 e. The fourth-order valence-electron chi connectivity index (χ4n) is 4.30. The molecule has 2 aromatic heterocycles. The van der Waals surface area contributed by atoms with Crippen LogP contribution in [-0.2, 0) is 9.59 Å². The number of rotatable bonds is 4. The number of aromatic amines is 2. The number of aryl methyl sites for hydroxylation is 1. The van der Waals surface area contributed by atoms with Crippen molar-refractivity contribution in [3.63, 3.8) is 0 Å². The maximum absolute atomic E-state index is 13.3. The highest BCUT2D eigenvalue weighted by Crippen LogP contribution is 2.33. The SMILES string of the molecule is Cc1[nH]n(-c2nc3ccccc3[nH]2)c(=O)c1[C@H]1CC(=O)N(c2ccc(C(C)C)cc2)C1=O. The second-order valence-corrected chi connectivity index (χ2v) is 8.44.